The van der Waals surface area contributed by atoms with Crippen molar-refractivity contribution in [1.29, 1.82) is 0 Å². The van der Waals surface area contributed by atoms with Crippen LogP contribution in [0.4, 0.5) is 5.82 Å². The van der Waals surface area contributed by atoms with Crippen LogP contribution in [0.15, 0.2) is 30.2 Å². The molecule has 0 aliphatic heterocycles. The summed E-state index contributed by atoms with van der Waals surface area (Å²) in [6.45, 7) is 2.48. The monoisotopic (exact) mass is 625 g/mol. The third-order valence-corrected chi connectivity index (χ3v) is 10.00. The molecule has 3 aromatic rings. The molecule has 3 N–H and O–H groups in total. The Morgan fingerprint density at radius 3 is 2.37 bits per heavy atom. The van der Waals surface area contributed by atoms with Crippen LogP contribution >= 0.6 is 30.7 Å². The molecule has 3 heterocycles. The summed E-state index contributed by atoms with van der Waals surface area (Å²) in [5.74, 6) is 2.08. The molecule has 0 fully saturated rings. The Labute approximate surface area is 253 Å². The van der Waals surface area contributed by atoms with Crippen LogP contribution in [0.5, 0.6) is 0 Å². The molecule has 0 saturated heterocycles. The Morgan fingerprint density at radius 1 is 1.00 bits per heavy atom. The highest BCUT2D eigenvalue weighted by Crippen LogP contribution is 2.42. The van der Waals surface area contributed by atoms with E-state index in [1.54, 1.807) is 22.7 Å². The van der Waals surface area contributed by atoms with Crippen molar-refractivity contribution >= 4 is 47.7 Å². The minimum absolute atomic E-state index is 0.243. The average molecular weight is 626 g/mol. The number of aromatic nitrogens is 4. The zero-order valence-electron chi connectivity index (χ0n) is 24.5. The maximum atomic E-state index is 12.3. The van der Waals surface area contributed by atoms with Gasteiger partial charge >= 0.3 is 7.60 Å². The van der Waals surface area contributed by atoms with E-state index >= 15 is 0 Å². The topological polar surface area (TPSA) is 125 Å². The lowest BCUT2D eigenvalue weighted by molar-refractivity contribution is 0.0724. The summed E-state index contributed by atoms with van der Waals surface area (Å²) < 4.78 is 24.9. The molecule has 0 aromatic carbocycles. The lowest BCUT2D eigenvalue weighted by Gasteiger charge is -2.17. The van der Waals surface area contributed by atoms with E-state index in [0.717, 1.165) is 5.75 Å². The number of nitrogens with zero attached hydrogens (tertiary/aromatic N) is 4. The summed E-state index contributed by atoms with van der Waals surface area (Å²) in [6, 6.07) is 4.40. The average Bonchev–Trinajstić information content (AvgIpc) is 3.62. The molecule has 12 heteroatoms. The number of nitrogen functional groups attached to an aromatic ring is 1. The van der Waals surface area contributed by atoms with Gasteiger partial charge in [0.2, 0.25) is 0 Å². The first-order valence-corrected chi connectivity index (χ1v) is 18.8. The van der Waals surface area contributed by atoms with Crippen LogP contribution in [0.1, 0.15) is 88.9 Å². The third kappa shape index (κ3) is 14.0. The number of unbranched alkanes of at least 4 members (excludes halogenated alkanes) is 11. The molecule has 0 aliphatic rings. The first kappa shape index (κ1) is 34.0. The van der Waals surface area contributed by atoms with Gasteiger partial charge in [-0.05, 0) is 43.4 Å². The lowest BCUT2D eigenvalue weighted by atomic mass is 10.0. The van der Waals surface area contributed by atoms with Crippen molar-refractivity contribution in [3.05, 3.63) is 35.0 Å². The Hall–Kier alpha value is -1.49. The van der Waals surface area contributed by atoms with Crippen molar-refractivity contribution in [3.63, 3.8) is 0 Å². The van der Waals surface area contributed by atoms with E-state index in [1.807, 2.05) is 18.3 Å². The quantitative estimate of drug-likeness (QED) is 0.0761. The molecule has 3 rings (SSSR count). The van der Waals surface area contributed by atoms with Crippen molar-refractivity contribution in [2.45, 2.75) is 103 Å². The summed E-state index contributed by atoms with van der Waals surface area (Å²) in [6.07, 6.45) is 19.6. The van der Waals surface area contributed by atoms with E-state index in [0.29, 0.717) is 29.3 Å². The van der Waals surface area contributed by atoms with Crippen LogP contribution in [0.2, 0.25) is 0 Å². The Morgan fingerprint density at radius 2 is 1.68 bits per heavy atom. The molecule has 0 saturated carbocycles. The number of nitrogens with two attached hydrogens (primary N) is 1. The smallest absolute Gasteiger partial charge is 0.353 e. The molecule has 0 amide bonds. The van der Waals surface area contributed by atoms with Gasteiger partial charge in [0.25, 0.3) is 0 Å². The van der Waals surface area contributed by atoms with E-state index in [4.69, 9.17) is 15.0 Å². The summed E-state index contributed by atoms with van der Waals surface area (Å²) >= 11 is 3.66. The summed E-state index contributed by atoms with van der Waals surface area (Å²) in [5.41, 5.74) is 6.95. The van der Waals surface area contributed by atoms with Crippen LogP contribution in [0, 0.1) is 0 Å². The molecular formula is C29H48N5O4PS2. The zero-order valence-corrected chi connectivity index (χ0v) is 27.0. The second kappa shape index (κ2) is 19.7. The van der Waals surface area contributed by atoms with Gasteiger partial charge in [-0.25, -0.2) is 15.0 Å². The standard InChI is InChI=1S/C29H48N5O4PS2/c1-25(21-34-23-33-27-28(30)31-22-32-29(27)34)37-24-39(35,36)38-17-20-40-18-13-11-9-7-5-3-2-4-6-8-10-12-15-26-16-14-19-41-26/h14,16,19,22-23,25H,2-13,15,17-18,20-21,24H2,1H3,(H,35,36)(H2,30,31,32)/t25-/m1/s1. The van der Waals surface area contributed by atoms with Crippen molar-refractivity contribution in [3.8, 4) is 0 Å². The SMILES string of the molecule is C[C@H](Cn1cnc2c(N)ncnc21)OCP(=O)(O)OCCSCCCCCCCCCCCCCCc1cccs1. The molecule has 3 aromatic heterocycles. The van der Waals surface area contributed by atoms with Gasteiger partial charge in [-0.3, -0.25) is 4.57 Å². The van der Waals surface area contributed by atoms with Crippen LogP contribution in [0.3, 0.4) is 0 Å². The number of fused-ring (bicyclic) bond motifs is 1. The zero-order chi connectivity index (χ0) is 29.2. The summed E-state index contributed by atoms with van der Waals surface area (Å²) in [5, 5.41) is 2.17. The Kier molecular flexibility index (Phi) is 16.3. The van der Waals surface area contributed by atoms with Crippen molar-refractivity contribution in [2.24, 2.45) is 0 Å². The number of thiophene rings is 1. The van der Waals surface area contributed by atoms with Gasteiger partial charge in [-0.15, -0.1) is 11.3 Å². The summed E-state index contributed by atoms with van der Waals surface area (Å²) in [7, 11) is -3.80. The number of ether oxygens (including phenoxy) is 1. The second-order valence-corrected chi connectivity index (χ2v) is 14.6. The highest BCUT2D eigenvalue weighted by atomic mass is 32.2. The van der Waals surface area contributed by atoms with Gasteiger partial charge in [0.1, 0.15) is 18.2 Å². The van der Waals surface area contributed by atoms with Gasteiger partial charge in [-0.2, -0.15) is 11.8 Å². The number of aryl methyl sites for hydroxylation is 1. The van der Waals surface area contributed by atoms with Crippen LogP contribution in [-0.4, -0.2) is 55.0 Å². The van der Waals surface area contributed by atoms with Gasteiger partial charge in [-0.1, -0.05) is 70.3 Å². The van der Waals surface area contributed by atoms with Gasteiger partial charge in [0.15, 0.2) is 11.5 Å². The Bertz CT molecular complexity index is 1150. The molecule has 230 valence electrons. The molecule has 0 bridgehead atoms. The van der Waals surface area contributed by atoms with Gasteiger partial charge < -0.3 is 24.5 Å². The maximum Gasteiger partial charge on any atom is 0.353 e. The predicted molar refractivity (Wildman–Crippen MR) is 172 cm³/mol. The fourth-order valence-electron chi connectivity index (χ4n) is 4.69. The minimum Gasteiger partial charge on any atom is -0.382 e. The van der Waals surface area contributed by atoms with E-state index in [-0.39, 0.29) is 19.1 Å². The maximum absolute atomic E-state index is 12.3. The fourth-order valence-corrected chi connectivity index (χ4v) is 7.27. The number of rotatable bonds is 24. The molecule has 0 aliphatic carbocycles. The molecule has 0 spiro atoms. The second-order valence-electron chi connectivity index (χ2n) is 10.6. The summed E-state index contributed by atoms with van der Waals surface area (Å²) in [4.78, 5) is 24.0. The molecular weight excluding hydrogens is 577 g/mol. The largest absolute Gasteiger partial charge is 0.382 e. The molecule has 1 unspecified atom stereocenters. The van der Waals surface area contributed by atoms with Crippen molar-refractivity contribution in [1.82, 2.24) is 19.5 Å². The lowest BCUT2D eigenvalue weighted by Crippen LogP contribution is -2.17. The number of hydrogen-bond acceptors (Lipinski definition) is 9. The highest BCUT2D eigenvalue weighted by Gasteiger charge is 2.21. The van der Waals surface area contributed by atoms with Crippen LogP contribution < -0.4 is 5.73 Å². The fraction of sp³-hybridized carbons (Fsp3) is 0.690. The van der Waals surface area contributed by atoms with E-state index in [2.05, 4.69) is 32.5 Å². The number of anilines is 1. The molecule has 9 nitrogen and oxygen atoms in total. The predicted octanol–water partition coefficient (Wildman–Crippen LogP) is 7.69. The van der Waals surface area contributed by atoms with Gasteiger partial charge in [0, 0.05) is 10.6 Å². The van der Waals surface area contributed by atoms with Crippen molar-refractivity contribution < 1.29 is 18.7 Å². The molecule has 2 atom stereocenters. The van der Waals surface area contributed by atoms with E-state index in [1.165, 1.54) is 94.7 Å². The highest BCUT2D eigenvalue weighted by molar-refractivity contribution is 7.99. The molecule has 41 heavy (non-hydrogen) atoms. The number of thioether (sulfide) groups is 1. The van der Waals surface area contributed by atoms with Crippen molar-refractivity contribution in [2.75, 3.05) is 30.2 Å². The number of hydrogen-bond donors (Lipinski definition) is 2. The number of imidazole rings is 1. The first-order chi connectivity index (χ1) is 19.9. The normalized spacial score (nSPS) is 14.0. The van der Waals surface area contributed by atoms with Crippen LogP contribution in [-0.2, 0) is 26.8 Å². The van der Waals surface area contributed by atoms with Crippen LogP contribution in [0.25, 0.3) is 11.2 Å². The third-order valence-electron chi connectivity index (χ3n) is 6.97. The minimum atomic E-state index is -3.80. The van der Waals surface area contributed by atoms with E-state index in [9.17, 15) is 9.46 Å². The Balaban J connectivity index is 1.07. The first-order valence-electron chi connectivity index (χ1n) is 15.0. The van der Waals surface area contributed by atoms with Gasteiger partial charge in [0.05, 0.1) is 25.6 Å². The molecule has 0 radical (unpaired) electrons. The van der Waals surface area contributed by atoms with E-state index < -0.39 is 7.60 Å².